The van der Waals surface area contributed by atoms with E-state index in [-0.39, 0.29) is 24.1 Å². The van der Waals surface area contributed by atoms with Gasteiger partial charge < -0.3 is 15.0 Å². The Hall–Kier alpha value is -2.84. The van der Waals surface area contributed by atoms with E-state index in [1.54, 1.807) is 0 Å². The van der Waals surface area contributed by atoms with Crippen molar-refractivity contribution in [3.05, 3.63) is 63.8 Å². The molecule has 0 spiro atoms. The van der Waals surface area contributed by atoms with Crippen molar-refractivity contribution in [2.45, 2.75) is 58.8 Å². The molecule has 0 atom stereocenters. The number of carbonyl (C=O) groups is 2. The number of aromatic nitrogens is 1. The molecule has 0 bridgehead atoms. The second-order valence-electron chi connectivity index (χ2n) is 10.5. The van der Waals surface area contributed by atoms with E-state index in [9.17, 15) is 18.0 Å². The quantitative estimate of drug-likeness (QED) is 0.212. The number of para-hydroxylation sites is 1. The van der Waals surface area contributed by atoms with Crippen molar-refractivity contribution in [2.75, 3.05) is 24.7 Å². The lowest BCUT2D eigenvalue weighted by atomic mass is 9.89. The Balaban J connectivity index is 1.37. The number of nitrogens with one attached hydrogen (secondary N) is 2. The maximum Gasteiger partial charge on any atom is 0.223 e. The van der Waals surface area contributed by atoms with Gasteiger partial charge in [0.05, 0.1) is 18.1 Å². The summed E-state index contributed by atoms with van der Waals surface area (Å²) in [5, 5.41) is 4.38. The third-order valence-corrected chi connectivity index (χ3v) is 9.51. The SMILES string of the molecule is Cc1cc(OCCCc2c(C(=O)CS(=O)(=O)CCNC(=O)C3CCCCC3)[nH]c3ccccc23)cc(C)c1Cl. The molecular weight excluding hydrogens is 536 g/mol. The van der Waals surface area contributed by atoms with Crippen molar-refractivity contribution in [3.8, 4) is 5.75 Å². The van der Waals surface area contributed by atoms with Crippen LogP contribution >= 0.6 is 11.6 Å². The molecule has 1 heterocycles. The van der Waals surface area contributed by atoms with E-state index in [4.69, 9.17) is 16.3 Å². The molecule has 210 valence electrons. The molecule has 39 heavy (non-hydrogen) atoms. The first-order chi connectivity index (χ1) is 18.6. The minimum atomic E-state index is -3.70. The van der Waals surface area contributed by atoms with Crippen molar-refractivity contribution in [1.82, 2.24) is 10.3 Å². The van der Waals surface area contributed by atoms with Gasteiger partial charge in [0.1, 0.15) is 11.5 Å². The third-order valence-electron chi connectivity index (χ3n) is 7.38. The van der Waals surface area contributed by atoms with Crippen LogP contribution in [-0.4, -0.2) is 49.7 Å². The van der Waals surface area contributed by atoms with E-state index in [0.717, 1.165) is 70.5 Å². The van der Waals surface area contributed by atoms with Crippen LogP contribution in [0.15, 0.2) is 36.4 Å². The van der Waals surface area contributed by atoms with Crippen molar-refractivity contribution >= 4 is 44.0 Å². The molecule has 3 aromatic rings. The predicted octanol–water partition coefficient (Wildman–Crippen LogP) is 5.74. The van der Waals surface area contributed by atoms with Gasteiger partial charge in [0.15, 0.2) is 15.6 Å². The molecule has 0 radical (unpaired) electrons. The van der Waals surface area contributed by atoms with E-state index in [1.165, 1.54) is 0 Å². The number of ketones is 1. The average Bonchev–Trinajstić information content (AvgIpc) is 3.28. The Kier molecular flexibility index (Phi) is 9.72. The van der Waals surface area contributed by atoms with Crippen LogP contribution in [0.3, 0.4) is 0 Å². The van der Waals surface area contributed by atoms with E-state index in [1.807, 2.05) is 50.2 Å². The van der Waals surface area contributed by atoms with Gasteiger partial charge in [-0.15, -0.1) is 0 Å². The Morgan fingerprint density at radius 3 is 2.49 bits per heavy atom. The zero-order valence-corrected chi connectivity index (χ0v) is 24.2. The summed E-state index contributed by atoms with van der Waals surface area (Å²) in [6.45, 7) is 4.33. The van der Waals surface area contributed by atoms with Crippen LogP contribution in [0, 0.1) is 19.8 Å². The minimum Gasteiger partial charge on any atom is -0.494 e. The molecule has 2 aromatic carbocycles. The molecule has 1 aliphatic rings. The monoisotopic (exact) mass is 572 g/mol. The fourth-order valence-electron chi connectivity index (χ4n) is 5.31. The molecule has 0 unspecified atom stereocenters. The number of H-pyrrole nitrogens is 1. The maximum atomic E-state index is 13.2. The van der Waals surface area contributed by atoms with Gasteiger partial charge in [-0.3, -0.25) is 9.59 Å². The van der Waals surface area contributed by atoms with Crippen LogP contribution < -0.4 is 10.1 Å². The first kappa shape index (κ1) is 29.2. The van der Waals surface area contributed by atoms with E-state index in [0.29, 0.717) is 25.1 Å². The van der Waals surface area contributed by atoms with Gasteiger partial charge in [-0.2, -0.15) is 0 Å². The molecule has 1 amide bonds. The molecule has 1 saturated carbocycles. The van der Waals surface area contributed by atoms with Crippen LogP contribution in [0.2, 0.25) is 5.02 Å². The summed E-state index contributed by atoms with van der Waals surface area (Å²) in [6.07, 6.45) is 6.10. The summed E-state index contributed by atoms with van der Waals surface area (Å²) in [6, 6.07) is 11.4. The molecule has 9 heteroatoms. The van der Waals surface area contributed by atoms with E-state index < -0.39 is 21.4 Å². The summed E-state index contributed by atoms with van der Waals surface area (Å²) in [5.74, 6) is -0.711. The summed E-state index contributed by atoms with van der Waals surface area (Å²) in [7, 11) is -3.70. The number of benzene rings is 2. The number of ether oxygens (including phenoxy) is 1. The number of rotatable bonds is 12. The van der Waals surface area contributed by atoms with Crippen molar-refractivity contribution in [1.29, 1.82) is 0 Å². The highest BCUT2D eigenvalue weighted by Gasteiger charge is 2.25. The molecule has 1 fully saturated rings. The molecule has 0 aliphatic heterocycles. The number of fused-ring (bicyclic) bond motifs is 1. The van der Waals surface area contributed by atoms with Gasteiger partial charge in [-0.05, 0) is 74.4 Å². The second kappa shape index (κ2) is 13.0. The Morgan fingerprint density at radius 1 is 1.08 bits per heavy atom. The van der Waals surface area contributed by atoms with Crippen molar-refractivity contribution in [2.24, 2.45) is 5.92 Å². The Bertz CT molecular complexity index is 1420. The van der Waals surface area contributed by atoms with Crippen molar-refractivity contribution < 1.29 is 22.7 Å². The molecule has 7 nitrogen and oxygen atoms in total. The normalized spacial score (nSPS) is 14.4. The number of amides is 1. The van der Waals surface area contributed by atoms with Crippen LogP contribution in [-0.2, 0) is 21.1 Å². The number of aromatic amines is 1. The molecule has 0 saturated heterocycles. The number of hydrogen-bond donors (Lipinski definition) is 2. The smallest absolute Gasteiger partial charge is 0.223 e. The molecule has 4 rings (SSSR count). The number of Topliss-reactive ketones (excluding diaryl/α,β-unsaturated/α-hetero) is 1. The average molecular weight is 573 g/mol. The second-order valence-corrected chi connectivity index (χ2v) is 13.1. The standard InChI is InChI=1S/C30H37ClN2O5S/c1-20-17-23(18-21(2)28(20)31)38-15-8-12-25-24-11-6-7-13-26(24)33-29(25)27(34)19-39(36,37)16-14-32-30(35)22-9-4-3-5-10-22/h6-7,11,13,17-18,22,33H,3-5,8-10,12,14-16,19H2,1-2H3,(H,32,35). The fourth-order valence-corrected chi connectivity index (χ4v) is 6.52. The highest BCUT2D eigenvalue weighted by Crippen LogP contribution is 2.27. The number of hydrogen-bond acceptors (Lipinski definition) is 5. The molecule has 1 aliphatic carbocycles. The topological polar surface area (TPSA) is 105 Å². The Labute approximate surface area is 235 Å². The summed E-state index contributed by atoms with van der Waals surface area (Å²) in [5.41, 5.74) is 3.81. The lowest BCUT2D eigenvalue weighted by Crippen LogP contribution is -2.36. The number of sulfone groups is 1. The van der Waals surface area contributed by atoms with Gasteiger partial charge >= 0.3 is 0 Å². The third kappa shape index (κ3) is 7.63. The van der Waals surface area contributed by atoms with Crippen LogP contribution in [0.4, 0.5) is 0 Å². The molecular formula is C30H37ClN2O5S. The molecule has 2 N–H and O–H groups in total. The van der Waals surface area contributed by atoms with Gasteiger partial charge in [0, 0.05) is 28.4 Å². The zero-order valence-electron chi connectivity index (χ0n) is 22.6. The van der Waals surface area contributed by atoms with E-state index in [2.05, 4.69) is 10.3 Å². The molecule has 1 aromatic heterocycles. The largest absolute Gasteiger partial charge is 0.494 e. The predicted molar refractivity (Wildman–Crippen MR) is 156 cm³/mol. The first-order valence-corrected chi connectivity index (χ1v) is 15.8. The van der Waals surface area contributed by atoms with Gasteiger partial charge in [0.2, 0.25) is 5.91 Å². The van der Waals surface area contributed by atoms with Crippen LogP contribution in [0.25, 0.3) is 10.9 Å². The lowest BCUT2D eigenvalue weighted by Gasteiger charge is -2.20. The zero-order chi connectivity index (χ0) is 28.0. The van der Waals surface area contributed by atoms with Crippen LogP contribution in [0.1, 0.15) is 65.7 Å². The van der Waals surface area contributed by atoms with E-state index >= 15 is 0 Å². The van der Waals surface area contributed by atoms with Gasteiger partial charge in [0.25, 0.3) is 0 Å². The summed E-state index contributed by atoms with van der Waals surface area (Å²) in [4.78, 5) is 28.7. The number of carbonyl (C=O) groups excluding carboxylic acids is 2. The number of halogens is 1. The fraction of sp³-hybridized carbons (Fsp3) is 0.467. The summed E-state index contributed by atoms with van der Waals surface area (Å²) >= 11 is 6.25. The van der Waals surface area contributed by atoms with Crippen LogP contribution in [0.5, 0.6) is 5.75 Å². The maximum absolute atomic E-state index is 13.2. The lowest BCUT2D eigenvalue weighted by molar-refractivity contribution is -0.125. The highest BCUT2D eigenvalue weighted by molar-refractivity contribution is 7.92. The number of aryl methyl sites for hydroxylation is 3. The van der Waals surface area contributed by atoms with Gasteiger partial charge in [-0.25, -0.2) is 8.42 Å². The first-order valence-electron chi connectivity index (χ1n) is 13.6. The summed E-state index contributed by atoms with van der Waals surface area (Å²) < 4.78 is 31.5. The van der Waals surface area contributed by atoms with Gasteiger partial charge in [-0.1, -0.05) is 49.1 Å². The Morgan fingerprint density at radius 2 is 1.77 bits per heavy atom. The highest BCUT2D eigenvalue weighted by atomic mass is 35.5. The van der Waals surface area contributed by atoms with Crippen molar-refractivity contribution in [3.63, 3.8) is 0 Å². The minimum absolute atomic E-state index is 0.0193.